The second-order valence-electron chi connectivity index (χ2n) is 10.7. The number of fused-ring (bicyclic) bond motifs is 12. The molecule has 0 saturated carbocycles. The standard InChI is InChI=1S/C30H29N3O6P2/c34-40(35,36)17-7-15-32-23-13-5-2-10-20(23)26-28-25(19-9-1-4-12-22(19)31-28)29-27(30(26)32)21-11-3-6-14-24(21)33(29)16-8-18-41(37,38)39/h1-6,9-14,31H,7-8,15-18H2,(H2,34,35,36)(H2,37,38,39). The maximum Gasteiger partial charge on any atom is 0.325 e. The Hall–Kier alpha value is -3.42. The van der Waals surface area contributed by atoms with Crippen LogP contribution in [0.15, 0.2) is 72.8 Å². The van der Waals surface area contributed by atoms with Gasteiger partial charge in [-0.05, 0) is 31.0 Å². The zero-order valence-corrected chi connectivity index (χ0v) is 23.9. The Balaban J connectivity index is 1.67. The number of hydrogen-bond acceptors (Lipinski definition) is 2. The average molecular weight is 590 g/mol. The summed E-state index contributed by atoms with van der Waals surface area (Å²) in [6.07, 6.45) is 0.211. The molecule has 5 N–H and O–H groups in total. The third kappa shape index (κ3) is 4.41. The summed E-state index contributed by atoms with van der Waals surface area (Å²) in [5.74, 6) is 0. The van der Waals surface area contributed by atoms with Gasteiger partial charge in [0.1, 0.15) is 0 Å². The molecule has 3 heterocycles. The number of nitrogens with one attached hydrogen (secondary N) is 1. The first kappa shape index (κ1) is 26.5. The van der Waals surface area contributed by atoms with E-state index in [1.54, 1.807) is 0 Å². The normalized spacial score (nSPS) is 13.2. The minimum atomic E-state index is -4.16. The number of aromatic amines is 1. The topological polar surface area (TPSA) is 141 Å². The Labute approximate surface area is 234 Å². The first-order chi connectivity index (χ1) is 19.6. The van der Waals surface area contributed by atoms with Crippen molar-refractivity contribution in [1.82, 2.24) is 14.1 Å². The molecule has 0 bridgehead atoms. The van der Waals surface area contributed by atoms with E-state index in [4.69, 9.17) is 0 Å². The molecule has 41 heavy (non-hydrogen) atoms. The molecule has 3 aromatic heterocycles. The van der Waals surface area contributed by atoms with Crippen LogP contribution in [0.4, 0.5) is 0 Å². The van der Waals surface area contributed by atoms with E-state index in [0.29, 0.717) is 25.9 Å². The van der Waals surface area contributed by atoms with Gasteiger partial charge in [-0.25, -0.2) is 0 Å². The molecule has 0 aliphatic carbocycles. The SMILES string of the molecule is O=P(O)(O)CCCn1c2ccccc2c2c3[nH]c4ccccc4c3c3c(c4ccccc4n3CCCP(=O)(O)O)c21. The fourth-order valence-electron chi connectivity index (χ4n) is 6.53. The van der Waals surface area contributed by atoms with Crippen molar-refractivity contribution in [2.75, 3.05) is 12.3 Å². The van der Waals surface area contributed by atoms with Crippen molar-refractivity contribution in [3.8, 4) is 0 Å². The lowest BCUT2D eigenvalue weighted by atomic mass is 10.0. The number of benzene rings is 4. The summed E-state index contributed by atoms with van der Waals surface area (Å²) in [5.41, 5.74) is 5.88. The molecule has 0 unspecified atom stereocenters. The van der Waals surface area contributed by atoms with Gasteiger partial charge in [0.2, 0.25) is 0 Å². The smallest absolute Gasteiger partial charge is 0.325 e. The predicted molar refractivity (Wildman–Crippen MR) is 165 cm³/mol. The van der Waals surface area contributed by atoms with Crippen molar-refractivity contribution in [2.45, 2.75) is 25.9 Å². The number of nitrogens with zero attached hydrogens (tertiary/aromatic N) is 2. The molecule has 0 atom stereocenters. The van der Waals surface area contributed by atoms with E-state index in [2.05, 4.69) is 32.3 Å². The van der Waals surface area contributed by atoms with Crippen LogP contribution < -0.4 is 0 Å². The molecule has 0 amide bonds. The number of aryl methyl sites for hydroxylation is 2. The van der Waals surface area contributed by atoms with E-state index in [1.807, 2.05) is 54.6 Å². The third-order valence-corrected chi connectivity index (χ3v) is 9.83. The van der Waals surface area contributed by atoms with Gasteiger partial charge in [0, 0.05) is 62.0 Å². The van der Waals surface area contributed by atoms with Crippen molar-refractivity contribution in [3.05, 3.63) is 72.8 Å². The van der Waals surface area contributed by atoms with Gasteiger partial charge in [-0.3, -0.25) is 9.13 Å². The number of rotatable bonds is 8. The summed E-state index contributed by atoms with van der Waals surface area (Å²) in [6.45, 7) is 0.849. The van der Waals surface area contributed by atoms with E-state index in [9.17, 15) is 28.7 Å². The van der Waals surface area contributed by atoms with Crippen LogP contribution in [0.1, 0.15) is 12.8 Å². The van der Waals surface area contributed by atoms with Crippen molar-refractivity contribution < 1.29 is 28.7 Å². The first-order valence-electron chi connectivity index (χ1n) is 13.6. The zero-order chi connectivity index (χ0) is 28.5. The van der Waals surface area contributed by atoms with Crippen molar-refractivity contribution in [3.63, 3.8) is 0 Å². The highest BCUT2D eigenvalue weighted by Gasteiger charge is 2.26. The van der Waals surface area contributed by atoms with Gasteiger partial charge in [-0.15, -0.1) is 0 Å². The van der Waals surface area contributed by atoms with Gasteiger partial charge in [-0.2, -0.15) is 0 Å². The second-order valence-corrected chi connectivity index (χ2v) is 14.2. The molecule has 0 aliphatic heterocycles. The van der Waals surface area contributed by atoms with Crippen molar-refractivity contribution in [2.24, 2.45) is 0 Å². The van der Waals surface area contributed by atoms with Crippen molar-refractivity contribution in [1.29, 1.82) is 0 Å². The van der Waals surface area contributed by atoms with Crippen LogP contribution in [0.5, 0.6) is 0 Å². The number of aromatic nitrogens is 3. The molecular weight excluding hydrogens is 560 g/mol. The summed E-state index contributed by atoms with van der Waals surface area (Å²) in [4.78, 5) is 42.0. The van der Waals surface area contributed by atoms with Crippen LogP contribution in [0.2, 0.25) is 0 Å². The maximum absolute atomic E-state index is 11.7. The van der Waals surface area contributed by atoms with Crippen molar-refractivity contribution >= 4 is 80.6 Å². The van der Waals surface area contributed by atoms with Gasteiger partial charge in [0.25, 0.3) is 0 Å². The first-order valence-corrected chi connectivity index (χ1v) is 17.2. The lowest BCUT2D eigenvalue weighted by Gasteiger charge is -2.12. The Bertz CT molecular complexity index is 2170. The van der Waals surface area contributed by atoms with Crippen LogP contribution in [0.3, 0.4) is 0 Å². The van der Waals surface area contributed by atoms with Gasteiger partial charge < -0.3 is 33.7 Å². The van der Waals surface area contributed by atoms with Crippen LogP contribution >= 0.6 is 15.2 Å². The van der Waals surface area contributed by atoms with Crippen LogP contribution in [0, 0.1) is 0 Å². The molecular formula is C30H29N3O6P2. The third-order valence-electron chi connectivity index (χ3n) is 8.03. The Morgan fingerprint density at radius 2 is 1.02 bits per heavy atom. The highest BCUT2D eigenvalue weighted by Crippen LogP contribution is 2.47. The minimum absolute atomic E-state index is 0.205. The Morgan fingerprint density at radius 3 is 1.56 bits per heavy atom. The molecule has 7 rings (SSSR count). The summed E-state index contributed by atoms with van der Waals surface area (Å²) in [5, 5.41) is 6.26. The summed E-state index contributed by atoms with van der Waals surface area (Å²) < 4.78 is 27.8. The summed E-state index contributed by atoms with van der Waals surface area (Å²) in [7, 11) is -8.32. The fraction of sp³-hybridized carbons (Fsp3) is 0.200. The molecule has 9 nitrogen and oxygen atoms in total. The Kier molecular flexibility index (Phi) is 6.18. The molecule has 11 heteroatoms. The van der Waals surface area contributed by atoms with E-state index in [1.165, 1.54) is 0 Å². The van der Waals surface area contributed by atoms with Gasteiger partial charge in [0.05, 0.1) is 28.9 Å². The molecule has 0 saturated heterocycles. The fourth-order valence-corrected chi connectivity index (χ4v) is 7.64. The number of hydrogen-bond donors (Lipinski definition) is 5. The van der Waals surface area contributed by atoms with Crippen LogP contribution in [-0.4, -0.2) is 46.0 Å². The van der Waals surface area contributed by atoms with Gasteiger partial charge in [-0.1, -0.05) is 54.6 Å². The number of para-hydroxylation sites is 3. The molecule has 0 radical (unpaired) electrons. The molecule has 0 fully saturated rings. The molecule has 0 aliphatic rings. The van der Waals surface area contributed by atoms with Crippen LogP contribution in [0.25, 0.3) is 65.4 Å². The highest BCUT2D eigenvalue weighted by atomic mass is 31.2. The lowest BCUT2D eigenvalue weighted by molar-refractivity contribution is 0.368. The summed E-state index contributed by atoms with van der Waals surface area (Å²) >= 11 is 0. The van der Waals surface area contributed by atoms with E-state index >= 15 is 0 Å². The molecule has 210 valence electrons. The summed E-state index contributed by atoms with van der Waals surface area (Å²) in [6, 6.07) is 24.4. The van der Waals surface area contributed by atoms with Crippen LogP contribution in [-0.2, 0) is 22.2 Å². The van der Waals surface area contributed by atoms with Gasteiger partial charge in [0.15, 0.2) is 0 Å². The number of H-pyrrole nitrogens is 1. The maximum atomic E-state index is 11.7. The predicted octanol–water partition coefficient (Wildman–Crippen LogP) is 6.67. The van der Waals surface area contributed by atoms with E-state index in [-0.39, 0.29) is 12.3 Å². The minimum Gasteiger partial charge on any atom is -0.354 e. The highest BCUT2D eigenvalue weighted by molar-refractivity contribution is 7.52. The Morgan fingerprint density at radius 1 is 0.585 bits per heavy atom. The van der Waals surface area contributed by atoms with E-state index < -0.39 is 15.2 Å². The molecule has 4 aromatic carbocycles. The van der Waals surface area contributed by atoms with Gasteiger partial charge >= 0.3 is 15.2 Å². The monoisotopic (exact) mass is 589 g/mol. The second kappa shape index (κ2) is 9.57. The largest absolute Gasteiger partial charge is 0.354 e. The molecule has 7 aromatic rings. The lowest BCUT2D eigenvalue weighted by Crippen LogP contribution is -2.02. The quantitative estimate of drug-likeness (QED) is 0.125. The average Bonchev–Trinajstić information content (AvgIpc) is 3.56. The molecule has 0 spiro atoms. The zero-order valence-electron chi connectivity index (χ0n) is 22.1. The van der Waals surface area contributed by atoms with E-state index in [0.717, 1.165) is 65.4 Å².